The lowest BCUT2D eigenvalue weighted by molar-refractivity contribution is 0.0491. The van der Waals surface area contributed by atoms with Gasteiger partial charge >= 0.3 is 0 Å². The molecule has 8 nitrogen and oxygen atoms in total. The Morgan fingerprint density at radius 3 is 2.92 bits per heavy atom. The Kier molecular flexibility index (Phi) is 3.61. The topological polar surface area (TPSA) is 96.6 Å². The van der Waals surface area contributed by atoms with Crippen molar-refractivity contribution in [3.63, 3.8) is 0 Å². The Balaban J connectivity index is 1.42. The molecule has 4 heterocycles. The van der Waals surface area contributed by atoms with E-state index >= 15 is 0 Å². The Labute approximate surface area is 139 Å². The molecule has 124 valence electrons. The molecule has 0 aromatic carbocycles. The fourth-order valence-corrected chi connectivity index (χ4v) is 3.04. The van der Waals surface area contributed by atoms with Crippen LogP contribution in [0, 0.1) is 0 Å². The van der Waals surface area contributed by atoms with Crippen LogP contribution in [0.4, 0.5) is 0 Å². The highest BCUT2D eigenvalue weighted by molar-refractivity contribution is 5.50. The smallest absolute Gasteiger partial charge is 0.249 e. The molecule has 0 spiro atoms. The van der Waals surface area contributed by atoms with Gasteiger partial charge in [-0.05, 0) is 19.1 Å². The van der Waals surface area contributed by atoms with Gasteiger partial charge < -0.3 is 4.42 Å². The maximum absolute atomic E-state index is 5.87. The van der Waals surface area contributed by atoms with Crippen LogP contribution in [0.5, 0.6) is 0 Å². The number of likely N-dealkylation sites (tertiary alicyclic amines) is 1. The van der Waals surface area contributed by atoms with Crippen molar-refractivity contribution >= 4 is 0 Å². The second-order valence-corrected chi connectivity index (χ2v) is 6.41. The van der Waals surface area contributed by atoms with Crippen molar-refractivity contribution in [2.24, 2.45) is 0 Å². The van der Waals surface area contributed by atoms with Gasteiger partial charge in [0.25, 0.3) is 0 Å². The number of rotatable bonds is 5. The van der Waals surface area contributed by atoms with Crippen molar-refractivity contribution in [1.29, 1.82) is 0 Å². The highest BCUT2D eigenvalue weighted by atomic mass is 16.4. The number of pyridine rings is 1. The van der Waals surface area contributed by atoms with Crippen LogP contribution in [0.25, 0.3) is 11.5 Å². The molecular weight excluding hydrogens is 306 g/mol. The Morgan fingerprint density at radius 1 is 1.33 bits per heavy atom. The van der Waals surface area contributed by atoms with Gasteiger partial charge in [0, 0.05) is 31.9 Å². The highest BCUT2D eigenvalue weighted by Gasteiger charge is 2.44. The largest absolute Gasteiger partial charge is 0.420 e. The zero-order valence-electron chi connectivity index (χ0n) is 13.7. The number of aromatic amines is 1. The average Bonchev–Trinajstić information content (AvgIpc) is 3.23. The van der Waals surface area contributed by atoms with Gasteiger partial charge in [0.2, 0.25) is 11.8 Å². The summed E-state index contributed by atoms with van der Waals surface area (Å²) in [6.07, 6.45) is 4.29. The lowest BCUT2D eigenvalue weighted by Gasteiger charge is -2.45. The van der Waals surface area contributed by atoms with Crippen molar-refractivity contribution in [2.75, 3.05) is 13.1 Å². The predicted octanol–water partition coefficient (Wildman–Crippen LogP) is 1.59. The molecular formula is C16H19N7O. The number of hydrogen-bond acceptors (Lipinski definition) is 7. The van der Waals surface area contributed by atoms with Crippen molar-refractivity contribution in [1.82, 2.24) is 35.3 Å². The fourth-order valence-electron chi connectivity index (χ4n) is 3.04. The van der Waals surface area contributed by atoms with Crippen molar-refractivity contribution in [3.8, 4) is 11.5 Å². The zero-order valence-corrected chi connectivity index (χ0v) is 13.7. The molecule has 0 bridgehead atoms. The van der Waals surface area contributed by atoms with Crippen LogP contribution in [0.15, 0.2) is 28.9 Å². The van der Waals surface area contributed by atoms with Crippen LogP contribution in [0.1, 0.15) is 31.4 Å². The van der Waals surface area contributed by atoms with E-state index < -0.39 is 0 Å². The number of nitrogens with one attached hydrogen (secondary N) is 1. The molecule has 1 aliphatic rings. The summed E-state index contributed by atoms with van der Waals surface area (Å²) < 4.78 is 5.87. The zero-order chi connectivity index (χ0) is 16.6. The summed E-state index contributed by atoms with van der Waals surface area (Å²) in [6, 6.07) is 3.77. The second-order valence-electron chi connectivity index (χ2n) is 6.41. The van der Waals surface area contributed by atoms with E-state index in [0.29, 0.717) is 11.8 Å². The number of H-pyrrole nitrogens is 1. The van der Waals surface area contributed by atoms with Crippen molar-refractivity contribution < 1.29 is 4.42 Å². The summed E-state index contributed by atoms with van der Waals surface area (Å²) in [5, 5.41) is 15.5. The van der Waals surface area contributed by atoms with Gasteiger partial charge in [-0.1, -0.05) is 6.92 Å². The molecule has 1 fully saturated rings. The van der Waals surface area contributed by atoms with Crippen LogP contribution in [0.2, 0.25) is 0 Å². The van der Waals surface area contributed by atoms with E-state index in [9.17, 15) is 0 Å². The molecule has 24 heavy (non-hydrogen) atoms. The Bertz CT molecular complexity index is 820. The number of aryl methyl sites for hydroxylation is 1. The first-order chi connectivity index (χ1) is 11.7. The third-order valence-electron chi connectivity index (χ3n) is 4.26. The maximum atomic E-state index is 5.87. The third kappa shape index (κ3) is 2.69. The first-order valence-corrected chi connectivity index (χ1v) is 8.03. The quantitative estimate of drug-likeness (QED) is 0.760. The molecule has 3 aromatic heterocycles. The van der Waals surface area contributed by atoms with Gasteiger partial charge in [-0.25, -0.2) is 4.98 Å². The summed E-state index contributed by atoms with van der Waals surface area (Å²) in [5.41, 5.74) is 0.714. The lowest BCUT2D eigenvalue weighted by Crippen LogP contribution is -2.57. The Morgan fingerprint density at radius 2 is 2.21 bits per heavy atom. The summed E-state index contributed by atoms with van der Waals surface area (Å²) in [5.74, 6) is 2.94. The molecule has 8 heteroatoms. The molecule has 0 radical (unpaired) electrons. The van der Waals surface area contributed by atoms with Gasteiger partial charge in [0.15, 0.2) is 0 Å². The van der Waals surface area contributed by atoms with Gasteiger partial charge in [-0.15, -0.1) is 10.2 Å². The molecule has 0 atom stereocenters. The minimum atomic E-state index is -0.124. The maximum Gasteiger partial charge on any atom is 0.249 e. The molecule has 0 aliphatic carbocycles. The molecule has 1 N–H and O–H groups in total. The monoisotopic (exact) mass is 325 g/mol. The van der Waals surface area contributed by atoms with E-state index in [1.807, 2.05) is 19.1 Å². The molecule has 1 aliphatic heterocycles. The van der Waals surface area contributed by atoms with Crippen LogP contribution >= 0.6 is 0 Å². The van der Waals surface area contributed by atoms with E-state index in [2.05, 4.69) is 42.2 Å². The fraction of sp³-hybridized carbons (Fsp3) is 0.438. The SMILES string of the molecule is CCc1n[nH]c(CN2CC(C)(c3nnc(-c4cccnc4)o3)C2)n1. The molecule has 3 aromatic rings. The first kappa shape index (κ1) is 14.9. The van der Waals surface area contributed by atoms with Crippen LogP contribution < -0.4 is 0 Å². The number of aromatic nitrogens is 6. The number of hydrogen-bond donors (Lipinski definition) is 1. The predicted molar refractivity (Wildman–Crippen MR) is 85.9 cm³/mol. The van der Waals surface area contributed by atoms with Crippen LogP contribution in [0.3, 0.4) is 0 Å². The van der Waals surface area contributed by atoms with E-state index in [-0.39, 0.29) is 5.41 Å². The minimum absolute atomic E-state index is 0.124. The summed E-state index contributed by atoms with van der Waals surface area (Å²) in [6.45, 7) is 6.64. The average molecular weight is 325 g/mol. The molecule has 0 amide bonds. The van der Waals surface area contributed by atoms with Gasteiger partial charge in [-0.2, -0.15) is 5.10 Å². The lowest BCUT2D eigenvalue weighted by atomic mass is 9.82. The van der Waals surface area contributed by atoms with E-state index in [1.54, 1.807) is 12.4 Å². The van der Waals surface area contributed by atoms with E-state index in [4.69, 9.17) is 4.42 Å². The molecule has 1 saturated heterocycles. The standard InChI is InChI=1S/C16H19N7O/c1-3-12-18-13(20-19-12)8-23-9-16(2,10-23)15-22-21-14(24-15)11-5-4-6-17-7-11/h4-7H,3,8-10H2,1-2H3,(H,18,19,20). The molecule has 0 saturated carbocycles. The normalized spacial score (nSPS) is 16.9. The number of nitrogens with zero attached hydrogens (tertiary/aromatic N) is 6. The third-order valence-corrected chi connectivity index (χ3v) is 4.26. The minimum Gasteiger partial charge on any atom is -0.420 e. The van der Waals surface area contributed by atoms with Crippen molar-refractivity contribution in [2.45, 2.75) is 32.2 Å². The second kappa shape index (κ2) is 5.79. The van der Waals surface area contributed by atoms with Gasteiger partial charge in [0.1, 0.15) is 11.6 Å². The van der Waals surface area contributed by atoms with E-state index in [1.165, 1.54) is 0 Å². The highest BCUT2D eigenvalue weighted by Crippen LogP contribution is 2.35. The van der Waals surface area contributed by atoms with Gasteiger partial charge in [-0.3, -0.25) is 15.0 Å². The summed E-state index contributed by atoms with van der Waals surface area (Å²) in [7, 11) is 0. The first-order valence-electron chi connectivity index (χ1n) is 8.03. The summed E-state index contributed by atoms with van der Waals surface area (Å²) >= 11 is 0. The Hall–Kier alpha value is -2.61. The summed E-state index contributed by atoms with van der Waals surface area (Å²) in [4.78, 5) is 10.8. The van der Waals surface area contributed by atoms with Crippen molar-refractivity contribution in [3.05, 3.63) is 42.1 Å². The molecule has 0 unspecified atom stereocenters. The van der Waals surface area contributed by atoms with E-state index in [0.717, 1.165) is 43.3 Å². The van der Waals surface area contributed by atoms with Crippen LogP contribution in [-0.4, -0.2) is 48.4 Å². The van der Waals surface area contributed by atoms with Gasteiger partial charge in [0.05, 0.1) is 17.5 Å². The molecule has 4 rings (SSSR count). The van der Waals surface area contributed by atoms with Crippen LogP contribution in [-0.2, 0) is 18.4 Å².